The summed E-state index contributed by atoms with van der Waals surface area (Å²) in [6.07, 6.45) is 0.284. The fraction of sp³-hybridized carbons (Fsp3) is 0.200. The average molecular weight is 366 g/mol. The largest absolute Gasteiger partial charge is 0.372 e. The highest BCUT2D eigenvalue weighted by Gasteiger charge is 2.27. The zero-order valence-electron chi connectivity index (χ0n) is 13.3. The highest BCUT2D eigenvalue weighted by molar-refractivity contribution is 7.87. The van der Waals surface area contributed by atoms with Gasteiger partial charge in [0.1, 0.15) is 4.90 Å². The molecule has 0 aliphatic carbocycles. The molecule has 0 spiro atoms. The minimum atomic E-state index is -4.49. The van der Waals surface area contributed by atoms with Crippen LogP contribution in [0.15, 0.2) is 41.3 Å². The molecule has 0 heterocycles. The Kier molecular flexibility index (Phi) is 5.02. The van der Waals surface area contributed by atoms with E-state index >= 15 is 0 Å². The smallest absolute Gasteiger partial charge is 0.339 e. The number of nitrogens with zero attached hydrogens (tertiary/aromatic N) is 2. The van der Waals surface area contributed by atoms with Crippen LogP contribution < -0.4 is 4.18 Å². The molecule has 0 aliphatic heterocycles. The Morgan fingerprint density at radius 1 is 1.04 bits per heavy atom. The van der Waals surface area contributed by atoms with Gasteiger partial charge in [-0.15, -0.1) is 0 Å². The van der Waals surface area contributed by atoms with Crippen LogP contribution in [0, 0.1) is 27.2 Å². The zero-order chi connectivity index (χ0) is 18.8. The summed E-state index contributed by atoms with van der Waals surface area (Å²) >= 11 is 0. The fourth-order valence-corrected chi connectivity index (χ4v) is 3.45. The van der Waals surface area contributed by atoms with E-state index in [2.05, 4.69) is 0 Å². The highest BCUT2D eigenvalue weighted by Crippen LogP contribution is 2.32. The lowest BCUT2D eigenvalue weighted by Crippen LogP contribution is -2.13. The molecule has 0 aromatic heterocycles. The quantitative estimate of drug-likeness (QED) is 0.436. The molecule has 0 amide bonds. The molecule has 0 saturated heterocycles. The third-order valence-electron chi connectivity index (χ3n) is 3.42. The molecule has 2 aromatic carbocycles. The van der Waals surface area contributed by atoms with Crippen molar-refractivity contribution in [1.29, 1.82) is 0 Å². The average Bonchev–Trinajstić information content (AvgIpc) is 2.55. The number of aryl methyl sites for hydroxylation is 2. The molecule has 0 bridgehead atoms. The van der Waals surface area contributed by atoms with Crippen LogP contribution in [0.3, 0.4) is 0 Å². The van der Waals surface area contributed by atoms with Gasteiger partial charge in [0.05, 0.1) is 9.85 Å². The Balaban J connectivity index is 2.56. The Morgan fingerprint density at radius 2 is 1.72 bits per heavy atom. The number of benzene rings is 2. The molecule has 0 unspecified atom stereocenters. The standard InChI is InChI=1S/C15H14N2O7S/c1-3-11-5-6-12(16(18)19)9-15(11)25(22,23)24-14-7-4-10(2)8-13(14)17(20)21/h4-9H,3H2,1-2H3. The Labute approximate surface area is 143 Å². The number of nitro groups is 2. The number of hydrogen-bond donors (Lipinski definition) is 0. The minimum Gasteiger partial charge on any atom is -0.372 e. The van der Waals surface area contributed by atoms with Gasteiger partial charge >= 0.3 is 15.8 Å². The first-order valence-corrected chi connectivity index (χ1v) is 8.53. The van der Waals surface area contributed by atoms with E-state index in [0.29, 0.717) is 11.1 Å². The molecule has 9 nitrogen and oxygen atoms in total. The lowest BCUT2D eigenvalue weighted by molar-refractivity contribution is -0.385. The maximum absolute atomic E-state index is 12.5. The maximum Gasteiger partial charge on any atom is 0.339 e. The normalized spacial score (nSPS) is 11.1. The third-order valence-corrected chi connectivity index (χ3v) is 4.74. The van der Waals surface area contributed by atoms with Crippen molar-refractivity contribution in [2.24, 2.45) is 0 Å². The summed E-state index contributed by atoms with van der Waals surface area (Å²) in [4.78, 5) is 20.1. The van der Waals surface area contributed by atoms with Crippen molar-refractivity contribution in [3.63, 3.8) is 0 Å². The summed E-state index contributed by atoms with van der Waals surface area (Å²) in [6, 6.07) is 7.21. The van der Waals surface area contributed by atoms with Gasteiger partial charge in [-0.2, -0.15) is 8.42 Å². The Morgan fingerprint density at radius 3 is 2.28 bits per heavy atom. The molecule has 0 N–H and O–H groups in total. The van der Waals surface area contributed by atoms with E-state index in [1.807, 2.05) is 0 Å². The molecule has 25 heavy (non-hydrogen) atoms. The minimum absolute atomic E-state index is 0.284. The van der Waals surface area contributed by atoms with Gasteiger partial charge in [0, 0.05) is 18.2 Å². The van der Waals surface area contributed by atoms with E-state index < -0.39 is 37.1 Å². The van der Waals surface area contributed by atoms with Gasteiger partial charge in [-0.05, 0) is 30.5 Å². The van der Waals surface area contributed by atoms with Crippen LogP contribution in [-0.4, -0.2) is 18.3 Å². The van der Waals surface area contributed by atoms with E-state index in [9.17, 15) is 28.6 Å². The van der Waals surface area contributed by atoms with Crippen LogP contribution in [0.5, 0.6) is 5.75 Å². The first-order chi connectivity index (χ1) is 11.7. The summed E-state index contributed by atoms with van der Waals surface area (Å²) in [6.45, 7) is 3.29. The molecule has 0 aliphatic rings. The van der Waals surface area contributed by atoms with Crippen LogP contribution >= 0.6 is 0 Å². The molecule has 10 heteroatoms. The molecule has 2 aromatic rings. The molecular formula is C15H14N2O7S. The summed E-state index contributed by atoms with van der Waals surface area (Å²) in [5.41, 5.74) is -0.0637. The second-order valence-corrected chi connectivity index (χ2v) is 6.68. The van der Waals surface area contributed by atoms with Gasteiger partial charge < -0.3 is 4.18 Å². The lowest BCUT2D eigenvalue weighted by Gasteiger charge is -2.11. The first kappa shape index (κ1) is 18.3. The molecule has 132 valence electrons. The second kappa shape index (κ2) is 6.85. The maximum atomic E-state index is 12.5. The van der Waals surface area contributed by atoms with Crippen LogP contribution in [0.25, 0.3) is 0 Å². The molecule has 0 fully saturated rings. The van der Waals surface area contributed by atoms with Crippen LogP contribution in [-0.2, 0) is 16.5 Å². The second-order valence-electron chi connectivity index (χ2n) is 5.17. The predicted octanol–water partition coefficient (Wildman–Crippen LogP) is 3.14. The van der Waals surface area contributed by atoms with E-state index in [0.717, 1.165) is 6.07 Å². The van der Waals surface area contributed by atoms with Crippen molar-refractivity contribution in [2.75, 3.05) is 0 Å². The summed E-state index contributed by atoms with van der Waals surface area (Å²) < 4.78 is 30.0. The van der Waals surface area contributed by atoms with E-state index in [1.165, 1.54) is 30.3 Å². The van der Waals surface area contributed by atoms with E-state index in [4.69, 9.17) is 4.18 Å². The topological polar surface area (TPSA) is 130 Å². The Bertz CT molecular complexity index is 954. The van der Waals surface area contributed by atoms with Crippen molar-refractivity contribution in [1.82, 2.24) is 0 Å². The van der Waals surface area contributed by atoms with Crippen LogP contribution in [0.2, 0.25) is 0 Å². The number of hydrogen-bond acceptors (Lipinski definition) is 7. The SMILES string of the molecule is CCc1ccc([N+](=O)[O-])cc1S(=O)(=O)Oc1ccc(C)cc1[N+](=O)[O-]. The summed E-state index contributed by atoms with van der Waals surface area (Å²) in [7, 11) is -4.49. The number of non-ortho nitro benzene ring substituents is 1. The van der Waals surface area contributed by atoms with E-state index in [1.54, 1.807) is 13.8 Å². The van der Waals surface area contributed by atoms with Crippen molar-refractivity contribution in [3.8, 4) is 5.75 Å². The molecule has 0 atom stereocenters. The summed E-state index contributed by atoms with van der Waals surface area (Å²) in [5.74, 6) is -0.454. The summed E-state index contributed by atoms with van der Waals surface area (Å²) in [5, 5.41) is 22.0. The zero-order valence-corrected chi connectivity index (χ0v) is 14.1. The van der Waals surface area contributed by atoms with Crippen LogP contribution in [0.1, 0.15) is 18.1 Å². The van der Waals surface area contributed by atoms with Gasteiger partial charge in [0.15, 0.2) is 0 Å². The van der Waals surface area contributed by atoms with Gasteiger partial charge in [0.2, 0.25) is 5.75 Å². The van der Waals surface area contributed by atoms with Gasteiger partial charge in [0.25, 0.3) is 5.69 Å². The number of rotatable bonds is 6. The van der Waals surface area contributed by atoms with Gasteiger partial charge in [-0.3, -0.25) is 20.2 Å². The monoisotopic (exact) mass is 366 g/mol. The Hall–Kier alpha value is -3.01. The molecule has 0 saturated carbocycles. The van der Waals surface area contributed by atoms with Crippen molar-refractivity contribution in [3.05, 3.63) is 67.8 Å². The lowest BCUT2D eigenvalue weighted by atomic mass is 10.1. The van der Waals surface area contributed by atoms with Crippen molar-refractivity contribution < 1.29 is 22.4 Å². The third kappa shape index (κ3) is 3.91. The molecule has 0 radical (unpaired) electrons. The van der Waals surface area contributed by atoms with Gasteiger partial charge in [-0.1, -0.05) is 19.1 Å². The van der Waals surface area contributed by atoms with E-state index in [-0.39, 0.29) is 11.3 Å². The fourth-order valence-electron chi connectivity index (χ4n) is 2.19. The number of nitro benzene ring substituents is 2. The first-order valence-electron chi connectivity index (χ1n) is 7.12. The predicted molar refractivity (Wildman–Crippen MR) is 88.1 cm³/mol. The van der Waals surface area contributed by atoms with Gasteiger partial charge in [-0.25, -0.2) is 0 Å². The molecular weight excluding hydrogens is 352 g/mol. The van der Waals surface area contributed by atoms with Crippen LogP contribution in [0.4, 0.5) is 11.4 Å². The van der Waals surface area contributed by atoms with Crippen molar-refractivity contribution in [2.45, 2.75) is 25.2 Å². The molecule has 2 rings (SSSR count). The highest BCUT2D eigenvalue weighted by atomic mass is 32.2. The van der Waals surface area contributed by atoms with Crippen molar-refractivity contribution >= 4 is 21.5 Å².